The van der Waals surface area contributed by atoms with Crippen molar-refractivity contribution in [2.45, 2.75) is 52.3 Å². The molecule has 2 aromatic rings. The number of hydrogen-bond donors (Lipinski definition) is 2. The summed E-state index contributed by atoms with van der Waals surface area (Å²) in [5.41, 5.74) is 4.04. The van der Waals surface area contributed by atoms with Crippen LogP contribution >= 0.6 is 0 Å². The molecule has 0 amide bonds. The summed E-state index contributed by atoms with van der Waals surface area (Å²) >= 11 is 0. The summed E-state index contributed by atoms with van der Waals surface area (Å²) in [7, 11) is -3.41. The van der Waals surface area contributed by atoms with Gasteiger partial charge in [0.05, 0.1) is 4.75 Å². The van der Waals surface area contributed by atoms with Crippen LogP contribution in [0, 0.1) is 11.8 Å². The number of piperidine rings is 1. The lowest BCUT2D eigenvalue weighted by molar-refractivity contribution is 0.357. The molecule has 0 saturated carbocycles. The summed E-state index contributed by atoms with van der Waals surface area (Å²) in [5, 5.41) is 3.44. The summed E-state index contributed by atoms with van der Waals surface area (Å²) in [6, 6.07) is 16.1. The maximum atomic E-state index is 12.3. The molecule has 1 heterocycles. The van der Waals surface area contributed by atoms with Crippen LogP contribution in [0.4, 0.5) is 17.1 Å². The van der Waals surface area contributed by atoms with Gasteiger partial charge < -0.3 is 10.2 Å². The zero-order valence-electron chi connectivity index (χ0n) is 18.8. The largest absolute Gasteiger partial charge is 0.381 e. The third-order valence-electron chi connectivity index (χ3n) is 5.61. The highest BCUT2D eigenvalue weighted by Gasteiger charge is 2.28. The molecule has 3 rings (SSSR count). The molecule has 0 radical (unpaired) electrons. The summed E-state index contributed by atoms with van der Waals surface area (Å²) < 4.78 is 26.3. The fourth-order valence-corrected chi connectivity index (χ4v) is 4.62. The lowest BCUT2D eigenvalue weighted by Crippen LogP contribution is -2.38. The van der Waals surface area contributed by atoms with Crippen molar-refractivity contribution in [3.05, 3.63) is 54.1 Å². The molecule has 5 nitrogen and oxygen atoms in total. The molecule has 0 unspecified atom stereocenters. The smallest absolute Gasteiger partial charge is 0.237 e. The van der Waals surface area contributed by atoms with E-state index in [2.05, 4.69) is 53.1 Å². The SMILES string of the molecule is C[C@@H]1C[C@H](C)CN(c2ccc(NCc3ccc(NS(=O)(=O)C(C)(C)C)cc3)cc2)C1. The van der Waals surface area contributed by atoms with Crippen LogP contribution in [0.25, 0.3) is 0 Å². The Morgan fingerprint density at radius 3 is 1.97 bits per heavy atom. The van der Waals surface area contributed by atoms with E-state index >= 15 is 0 Å². The van der Waals surface area contributed by atoms with Crippen LogP contribution in [0.3, 0.4) is 0 Å². The molecule has 0 aliphatic carbocycles. The van der Waals surface area contributed by atoms with E-state index in [-0.39, 0.29) is 0 Å². The predicted molar refractivity (Wildman–Crippen MR) is 128 cm³/mol. The van der Waals surface area contributed by atoms with Crippen LogP contribution in [0.1, 0.15) is 46.6 Å². The molecule has 2 N–H and O–H groups in total. The fourth-order valence-electron chi connectivity index (χ4n) is 3.87. The van der Waals surface area contributed by atoms with Crippen LogP contribution < -0.4 is 14.9 Å². The minimum absolute atomic E-state index is 0.586. The Morgan fingerprint density at radius 2 is 1.43 bits per heavy atom. The van der Waals surface area contributed by atoms with Crippen LogP contribution in [0.15, 0.2) is 48.5 Å². The van der Waals surface area contributed by atoms with E-state index in [0.717, 1.165) is 36.2 Å². The number of rotatable bonds is 6. The monoisotopic (exact) mass is 429 g/mol. The lowest BCUT2D eigenvalue weighted by Gasteiger charge is -2.36. The summed E-state index contributed by atoms with van der Waals surface area (Å²) in [6.45, 7) is 12.7. The number of sulfonamides is 1. The van der Waals surface area contributed by atoms with E-state index in [9.17, 15) is 8.42 Å². The lowest BCUT2D eigenvalue weighted by atomic mass is 9.91. The van der Waals surface area contributed by atoms with E-state index in [1.807, 2.05) is 24.3 Å². The first kappa shape index (κ1) is 22.5. The van der Waals surface area contributed by atoms with E-state index < -0.39 is 14.8 Å². The van der Waals surface area contributed by atoms with Gasteiger partial charge >= 0.3 is 0 Å². The molecule has 164 valence electrons. The zero-order valence-corrected chi connectivity index (χ0v) is 19.6. The van der Waals surface area contributed by atoms with Gasteiger partial charge in [0.15, 0.2) is 0 Å². The molecule has 0 aromatic heterocycles. The molecular weight excluding hydrogens is 394 g/mol. The van der Waals surface area contributed by atoms with Gasteiger partial charge in [0.2, 0.25) is 10.0 Å². The van der Waals surface area contributed by atoms with Crippen molar-refractivity contribution in [2.24, 2.45) is 11.8 Å². The number of nitrogens with zero attached hydrogens (tertiary/aromatic N) is 1. The van der Waals surface area contributed by atoms with Crippen LogP contribution in [0.5, 0.6) is 0 Å². The molecule has 6 heteroatoms. The van der Waals surface area contributed by atoms with Gasteiger partial charge in [-0.2, -0.15) is 0 Å². The third-order valence-corrected chi connectivity index (χ3v) is 7.73. The van der Waals surface area contributed by atoms with Crippen molar-refractivity contribution in [3.8, 4) is 0 Å². The molecule has 1 aliphatic heterocycles. The highest BCUT2D eigenvalue weighted by atomic mass is 32.2. The van der Waals surface area contributed by atoms with Gasteiger partial charge in [-0.1, -0.05) is 26.0 Å². The standard InChI is InChI=1S/C24H35N3O2S/c1-18-14-19(2)17-27(16-18)23-12-10-21(11-13-23)25-15-20-6-8-22(9-7-20)26-30(28,29)24(3,4)5/h6-13,18-19,25-26H,14-17H2,1-5H3/t18-,19+. The highest BCUT2D eigenvalue weighted by Crippen LogP contribution is 2.27. The van der Waals surface area contributed by atoms with E-state index in [1.165, 1.54) is 12.1 Å². The van der Waals surface area contributed by atoms with Gasteiger partial charge in [-0.25, -0.2) is 8.42 Å². The Hall–Kier alpha value is -2.21. The highest BCUT2D eigenvalue weighted by molar-refractivity contribution is 7.94. The van der Waals surface area contributed by atoms with Gasteiger partial charge in [0.1, 0.15) is 0 Å². The molecule has 0 bridgehead atoms. The number of nitrogens with one attached hydrogen (secondary N) is 2. The second kappa shape index (κ2) is 8.88. The van der Waals surface area contributed by atoms with E-state index in [1.54, 1.807) is 20.8 Å². The minimum Gasteiger partial charge on any atom is -0.381 e. The van der Waals surface area contributed by atoms with Crippen molar-refractivity contribution >= 4 is 27.1 Å². The van der Waals surface area contributed by atoms with Gasteiger partial charge in [0.25, 0.3) is 0 Å². The molecule has 1 fully saturated rings. The second-order valence-corrected chi connectivity index (χ2v) is 12.1. The Labute approximate surface area is 181 Å². The van der Waals surface area contributed by atoms with Gasteiger partial charge in [-0.05, 0) is 81.0 Å². The topological polar surface area (TPSA) is 61.4 Å². The Balaban J connectivity index is 1.56. The van der Waals surface area contributed by atoms with Crippen molar-refractivity contribution in [3.63, 3.8) is 0 Å². The average molecular weight is 430 g/mol. The first-order valence-electron chi connectivity index (χ1n) is 10.7. The normalized spacial score (nSPS) is 20.1. The quantitative estimate of drug-likeness (QED) is 0.652. The Kier molecular flexibility index (Phi) is 6.65. The molecule has 0 spiro atoms. The van der Waals surface area contributed by atoms with E-state index in [4.69, 9.17) is 0 Å². The predicted octanol–water partition coefficient (Wildman–Crippen LogP) is 5.32. The first-order chi connectivity index (χ1) is 14.0. The van der Waals surface area contributed by atoms with Gasteiger partial charge in [-0.15, -0.1) is 0 Å². The number of hydrogen-bond acceptors (Lipinski definition) is 4. The van der Waals surface area contributed by atoms with Gasteiger partial charge in [-0.3, -0.25) is 4.72 Å². The number of benzene rings is 2. The van der Waals surface area contributed by atoms with Crippen molar-refractivity contribution in [2.75, 3.05) is 28.0 Å². The zero-order chi connectivity index (χ0) is 21.9. The second-order valence-electron chi connectivity index (χ2n) is 9.67. The molecule has 2 atom stereocenters. The molecule has 1 saturated heterocycles. The van der Waals surface area contributed by atoms with Crippen LogP contribution in [-0.2, 0) is 16.6 Å². The summed E-state index contributed by atoms with van der Waals surface area (Å²) in [6.07, 6.45) is 1.31. The fraction of sp³-hybridized carbons (Fsp3) is 0.500. The maximum absolute atomic E-state index is 12.3. The van der Waals surface area contributed by atoms with Crippen molar-refractivity contribution in [1.29, 1.82) is 0 Å². The molecule has 2 aromatic carbocycles. The average Bonchev–Trinajstić information content (AvgIpc) is 2.66. The first-order valence-corrected chi connectivity index (χ1v) is 12.2. The van der Waals surface area contributed by atoms with Crippen LogP contribution in [-0.4, -0.2) is 26.3 Å². The summed E-state index contributed by atoms with van der Waals surface area (Å²) in [5.74, 6) is 1.48. The molecule has 30 heavy (non-hydrogen) atoms. The molecule has 1 aliphatic rings. The van der Waals surface area contributed by atoms with Crippen LogP contribution in [0.2, 0.25) is 0 Å². The Bertz CT molecular complexity index is 922. The van der Waals surface area contributed by atoms with Crippen molar-refractivity contribution in [1.82, 2.24) is 0 Å². The maximum Gasteiger partial charge on any atom is 0.237 e. The third kappa shape index (κ3) is 5.69. The minimum atomic E-state index is -3.41. The van der Waals surface area contributed by atoms with Crippen molar-refractivity contribution < 1.29 is 8.42 Å². The Morgan fingerprint density at radius 1 is 0.900 bits per heavy atom. The summed E-state index contributed by atoms with van der Waals surface area (Å²) in [4.78, 5) is 2.49. The number of anilines is 3. The molecular formula is C24H35N3O2S. The van der Waals surface area contributed by atoms with E-state index in [0.29, 0.717) is 12.2 Å². The van der Waals surface area contributed by atoms with Gasteiger partial charge in [0, 0.05) is 36.7 Å².